The minimum Gasteiger partial charge on any atom is -0.381 e. The van der Waals surface area contributed by atoms with E-state index in [0.717, 1.165) is 74.4 Å². The maximum Gasteiger partial charge on any atom is 0.225 e. The normalized spacial score (nSPS) is 21.2. The zero-order valence-corrected chi connectivity index (χ0v) is 15.5. The average molecular weight is 354 g/mol. The van der Waals surface area contributed by atoms with Crippen LogP contribution in [0.5, 0.6) is 0 Å². The van der Waals surface area contributed by atoms with Gasteiger partial charge in [0.15, 0.2) is 0 Å². The molecule has 0 aliphatic carbocycles. The molecular weight excluding hydrogens is 328 g/mol. The third kappa shape index (κ3) is 3.77. The van der Waals surface area contributed by atoms with Gasteiger partial charge in [-0.2, -0.15) is 0 Å². The van der Waals surface area contributed by atoms with Gasteiger partial charge in [0.25, 0.3) is 0 Å². The van der Waals surface area contributed by atoms with Crippen LogP contribution in [0.25, 0.3) is 0 Å². The molecule has 26 heavy (non-hydrogen) atoms. The van der Waals surface area contributed by atoms with E-state index in [2.05, 4.69) is 31.2 Å². The number of hydrogen-bond donors (Lipinski definition) is 1. The van der Waals surface area contributed by atoms with Crippen molar-refractivity contribution in [1.29, 1.82) is 0 Å². The fourth-order valence-electron chi connectivity index (χ4n) is 3.66. The molecule has 4 heterocycles. The summed E-state index contributed by atoms with van der Waals surface area (Å²) >= 11 is 0. The molecule has 2 aliphatic rings. The lowest BCUT2D eigenvalue weighted by Gasteiger charge is -2.23. The summed E-state index contributed by atoms with van der Waals surface area (Å²) in [6.07, 6.45) is 6.83. The molecule has 2 aliphatic heterocycles. The molecule has 0 saturated carbocycles. The van der Waals surface area contributed by atoms with Gasteiger partial charge in [0, 0.05) is 56.4 Å². The van der Waals surface area contributed by atoms with Crippen LogP contribution in [-0.2, 0) is 4.74 Å². The summed E-state index contributed by atoms with van der Waals surface area (Å²) in [6, 6.07) is 2.39. The van der Waals surface area contributed by atoms with Gasteiger partial charge in [0.05, 0.1) is 11.4 Å². The van der Waals surface area contributed by atoms with Crippen molar-refractivity contribution in [3.63, 3.8) is 0 Å². The number of anilines is 2. The Kier molecular flexibility index (Phi) is 4.97. The van der Waals surface area contributed by atoms with Crippen molar-refractivity contribution in [2.45, 2.75) is 45.1 Å². The molecular formula is C19H26N6O. The summed E-state index contributed by atoms with van der Waals surface area (Å²) in [4.78, 5) is 20.6. The van der Waals surface area contributed by atoms with Gasteiger partial charge in [-0.1, -0.05) is 0 Å². The van der Waals surface area contributed by atoms with Crippen LogP contribution < -0.4 is 10.2 Å². The monoisotopic (exact) mass is 354 g/mol. The molecule has 1 atom stereocenters. The van der Waals surface area contributed by atoms with E-state index >= 15 is 0 Å². The quantitative estimate of drug-likeness (QED) is 0.904. The summed E-state index contributed by atoms with van der Waals surface area (Å²) in [5.74, 6) is 2.21. The number of aryl methyl sites for hydroxylation is 2. The summed E-state index contributed by atoms with van der Waals surface area (Å²) in [5.41, 5.74) is 3.02. The van der Waals surface area contributed by atoms with Crippen LogP contribution in [0, 0.1) is 13.8 Å². The predicted octanol–water partition coefficient (Wildman–Crippen LogP) is 2.47. The molecule has 138 valence electrons. The van der Waals surface area contributed by atoms with Gasteiger partial charge < -0.3 is 15.0 Å². The van der Waals surface area contributed by atoms with Crippen molar-refractivity contribution in [3.8, 4) is 0 Å². The first-order valence-corrected chi connectivity index (χ1v) is 9.41. The number of aromatic nitrogens is 4. The van der Waals surface area contributed by atoms with E-state index in [1.807, 2.05) is 20.0 Å². The second-order valence-electron chi connectivity index (χ2n) is 7.19. The van der Waals surface area contributed by atoms with Crippen molar-refractivity contribution in [3.05, 3.63) is 35.5 Å². The fraction of sp³-hybridized carbons (Fsp3) is 0.579. The Labute approximate surface area is 154 Å². The second-order valence-corrected chi connectivity index (χ2v) is 7.19. The molecule has 0 bridgehead atoms. The van der Waals surface area contributed by atoms with Crippen LogP contribution in [-0.4, -0.2) is 52.3 Å². The lowest BCUT2D eigenvalue weighted by Crippen LogP contribution is -2.28. The fourth-order valence-corrected chi connectivity index (χ4v) is 3.66. The van der Waals surface area contributed by atoms with Gasteiger partial charge in [-0.05, 0) is 39.2 Å². The van der Waals surface area contributed by atoms with E-state index in [1.54, 1.807) is 6.20 Å². The number of ether oxygens (including phenoxy) is 1. The van der Waals surface area contributed by atoms with Gasteiger partial charge in [-0.15, -0.1) is 0 Å². The van der Waals surface area contributed by atoms with Crippen molar-refractivity contribution in [2.75, 3.05) is 36.5 Å². The first-order valence-electron chi connectivity index (χ1n) is 9.41. The molecule has 2 aromatic rings. The zero-order chi connectivity index (χ0) is 17.9. The van der Waals surface area contributed by atoms with Crippen LogP contribution in [0.2, 0.25) is 0 Å². The summed E-state index contributed by atoms with van der Waals surface area (Å²) in [6.45, 7) is 7.45. The highest BCUT2D eigenvalue weighted by atomic mass is 16.5. The lowest BCUT2D eigenvalue weighted by molar-refractivity contribution is 0.0845. The largest absolute Gasteiger partial charge is 0.381 e. The molecule has 1 unspecified atom stereocenters. The lowest BCUT2D eigenvalue weighted by atomic mass is 9.96. The first-order chi connectivity index (χ1) is 12.7. The third-order valence-electron chi connectivity index (χ3n) is 5.19. The maximum atomic E-state index is 5.47. The average Bonchev–Trinajstić information content (AvgIpc) is 3.14. The Morgan fingerprint density at radius 3 is 2.81 bits per heavy atom. The molecule has 1 N–H and O–H groups in total. The standard InChI is InChI=1S/C19H26N6O/c1-13-11-21-14(2)18(22-13)23-16-4-8-25(12-16)19-20-7-3-17(24-19)15-5-9-26-10-6-15/h3,7,11,15-16H,4-6,8-10,12H2,1-2H3,(H,22,23). The Morgan fingerprint density at radius 2 is 1.96 bits per heavy atom. The van der Waals surface area contributed by atoms with Gasteiger partial charge >= 0.3 is 0 Å². The van der Waals surface area contributed by atoms with E-state index in [9.17, 15) is 0 Å². The van der Waals surface area contributed by atoms with E-state index in [1.165, 1.54) is 0 Å². The van der Waals surface area contributed by atoms with E-state index in [4.69, 9.17) is 9.72 Å². The minimum absolute atomic E-state index is 0.333. The van der Waals surface area contributed by atoms with Gasteiger partial charge in [-0.25, -0.2) is 15.0 Å². The topological polar surface area (TPSA) is 76.1 Å². The number of nitrogens with zero attached hydrogens (tertiary/aromatic N) is 5. The highest BCUT2D eigenvalue weighted by Gasteiger charge is 2.26. The van der Waals surface area contributed by atoms with E-state index < -0.39 is 0 Å². The van der Waals surface area contributed by atoms with Gasteiger partial charge in [0.1, 0.15) is 5.82 Å². The molecule has 0 aromatic carbocycles. The van der Waals surface area contributed by atoms with Crippen LogP contribution in [0.15, 0.2) is 18.5 Å². The zero-order valence-electron chi connectivity index (χ0n) is 15.5. The maximum absolute atomic E-state index is 5.47. The molecule has 2 saturated heterocycles. The number of hydrogen-bond acceptors (Lipinski definition) is 7. The smallest absolute Gasteiger partial charge is 0.225 e. The second kappa shape index (κ2) is 7.53. The van der Waals surface area contributed by atoms with Crippen LogP contribution in [0.3, 0.4) is 0 Å². The summed E-state index contributed by atoms with van der Waals surface area (Å²) in [5, 5.41) is 3.54. The highest BCUT2D eigenvalue weighted by molar-refractivity contribution is 5.43. The molecule has 0 radical (unpaired) electrons. The Bertz CT molecular complexity index is 761. The molecule has 2 fully saturated rings. The van der Waals surface area contributed by atoms with Crippen molar-refractivity contribution < 1.29 is 4.74 Å². The number of nitrogens with one attached hydrogen (secondary N) is 1. The van der Waals surface area contributed by atoms with Crippen molar-refractivity contribution >= 4 is 11.8 Å². The van der Waals surface area contributed by atoms with Crippen LogP contribution >= 0.6 is 0 Å². The molecule has 0 amide bonds. The van der Waals surface area contributed by atoms with Crippen LogP contribution in [0.4, 0.5) is 11.8 Å². The predicted molar refractivity (Wildman–Crippen MR) is 101 cm³/mol. The molecule has 2 aromatic heterocycles. The SMILES string of the molecule is Cc1cnc(C)c(NC2CCN(c3nccc(C4CCOCC4)n3)C2)n1. The third-order valence-corrected chi connectivity index (χ3v) is 5.19. The Balaban J connectivity index is 1.43. The van der Waals surface area contributed by atoms with E-state index in [0.29, 0.717) is 12.0 Å². The summed E-state index contributed by atoms with van der Waals surface area (Å²) in [7, 11) is 0. The molecule has 7 heteroatoms. The Hall–Kier alpha value is -2.28. The number of rotatable bonds is 4. The van der Waals surface area contributed by atoms with Crippen molar-refractivity contribution in [2.24, 2.45) is 0 Å². The Morgan fingerprint density at radius 1 is 1.12 bits per heavy atom. The molecule has 4 rings (SSSR count). The van der Waals surface area contributed by atoms with E-state index in [-0.39, 0.29) is 0 Å². The summed E-state index contributed by atoms with van der Waals surface area (Å²) < 4.78 is 5.47. The molecule has 0 spiro atoms. The highest BCUT2D eigenvalue weighted by Crippen LogP contribution is 2.27. The van der Waals surface area contributed by atoms with Gasteiger partial charge in [-0.3, -0.25) is 4.98 Å². The minimum atomic E-state index is 0.333. The first kappa shape index (κ1) is 17.1. The molecule has 7 nitrogen and oxygen atoms in total. The van der Waals surface area contributed by atoms with Crippen molar-refractivity contribution in [1.82, 2.24) is 19.9 Å². The van der Waals surface area contributed by atoms with Crippen LogP contribution in [0.1, 0.15) is 42.3 Å². The van der Waals surface area contributed by atoms with Gasteiger partial charge in [0.2, 0.25) is 5.95 Å².